The van der Waals surface area contributed by atoms with E-state index in [9.17, 15) is 17.6 Å². The molecular formula is C15H18ClFN2O4S. The number of rotatable bonds is 5. The lowest BCUT2D eigenvalue weighted by Gasteiger charge is -2.18. The zero-order valence-corrected chi connectivity index (χ0v) is 14.7. The van der Waals surface area contributed by atoms with Gasteiger partial charge in [0.1, 0.15) is 11.6 Å². The molecular weight excluding hydrogens is 359 g/mol. The van der Waals surface area contributed by atoms with Gasteiger partial charge in [0.05, 0.1) is 16.7 Å². The normalized spacial score (nSPS) is 28.3. The summed E-state index contributed by atoms with van der Waals surface area (Å²) in [5.74, 6) is 0.255. The predicted molar refractivity (Wildman–Crippen MR) is 86.6 cm³/mol. The van der Waals surface area contributed by atoms with Gasteiger partial charge in [0.15, 0.2) is 0 Å². The van der Waals surface area contributed by atoms with Crippen LogP contribution in [0.25, 0.3) is 0 Å². The highest BCUT2D eigenvalue weighted by Crippen LogP contribution is 2.57. The summed E-state index contributed by atoms with van der Waals surface area (Å²) in [7, 11) is -2.89. The zero-order valence-electron chi connectivity index (χ0n) is 13.2. The minimum atomic E-state index is -4.02. The third-order valence-corrected chi connectivity index (χ3v) is 6.17. The summed E-state index contributed by atoms with van der Waals surface area (Å²) in [6.07, 6.45) is 1.84. The molecule has 0 spiro atoms. The molecule has 0 radical (unpaired) electrons. The van der Waals surface area contributed by atoms with Crippen LogP contribution in [-0.2, 0) is 10.2 Å². The standard InChI is InChI=1S/C15H18ClFN2O4S/c1-7-9-3-8(4-10(7)9)23-14-6-13(17)11(5-12(14)16)15(20)19-24(21,22)18-2/h5-10,18H,3-4H2,1-2H3,(H,19,20)/t7?,8?,9-,10+. The Morgan fingerprint density at radius 3 is 2.54 bits per heavy atom. The number of hydrogen-bond acceptors (Lipinski definition) is 4. The second-order valence-electron chi connectivity index (χ2n) is 6.30. The van der Waals surface area contributed by atoms with E-state index in [1.807, 2.05) is 4.72 Å². The maximum absolute atomic E-state index is 14.2. The molecule has 0 bridgehead atoms. The predicted octanol–water partition coefficient (Wildman–Crippen LogP) is 2.10. The average Bonchev–Trinajstić information content (AvgIpc) is 2.93. The highest BCUT2D eigenvalue weighted by molar-refractivity contribution is 7.88. The molecule has 1 aromatic rings. The topological polar surface area (TPSA) is 84.5 Å². The van der Waals surface area contributed by atoms with Gasteiger partial charge in [0.2, 0.25) is 0 Å². The van der Waals surface area contributed by atoms with Crippen molar-refractivity contribution < 1.29 is 22.3 Å². The molecule has 1 aromatic carbocycles. The van der Waals surface area contributed by atoms with Gasteiger partial charge >= 0.3 is 10.2 Å². The lowest BCUT2D eigenvalue weighted by atomic mass is 10.1. The Bertz CT molecular complexity index is 774. The molecule has 9 heteroatoms. The summed E-state index contributed by atoms with van der Waals surface area (Å²) >= 11 is 6.07. The third kappa shape index (κ3) is 3.36. The van der Waals surface area contributed by atoms with Gasteiger partial charge in [-0.3, -0.25) is 4.79 Å². The molecule has 2 aliphatic carbocycles. The fraction of sp³-hybridized carbons (Fsp3) is 0.533. The zero-order chi connectivity index (χ0) is 17.6. The Hall–Kier alpha value is -1.38. The summed E-state index contributed by atoms with van der Waals surface area (Å²) in [4.78, 5) is 11.9. The number of carbonyl (C=O) groups is 1. The van der Waals surface area contributed by atoms with Crippen LogP contribution >= 0.6 is 11.6 Å². The molecule has 0 aliphatic heterocycles. The molecule has 4 atom stereocenters. The molecule has 6 nitrogen and oxygen atoms in total. The van der Waals surface area contributed by atoms with Crippen LogP contribution < -0.4 is 14.2 Å². The number of ether oxygens (including phenoxy) is 1. The van der Waals surface area contributed by atoms with Gasteiger partial charge in [-0.25, -0.2) is 13.8 Å². The fourth-order valence-electron chi connectivity index (χ4n) is 3.42. The molecule has 3 rings (SSSR count). The largest absolute Gasteiger partial charge is 0.489 e. The van der Waals surface area contributed by atoms with Crippen molar-refractivity contribution in [3.05, 3.63) is 28.5 Å². The lowest BCUT2D eigenvalue weighted by molar-refractivity contribution is 0.0977. The van der Waals surface area contributed by atoms with Crippen molar-refractivity contribution in [3.8, 4) is 5.75 Å². The van der Waals surface area contributed by atoms with Crippen LogP contribution in [0.1, 0.15) is 30.1 Å². The van der Waals surface area contributed by atoms with E-state index in [4.69, 9.17) is 16.3 Å². The molecule has 2 fully saturated rings. The van der Waals surface area contributed by atoms with Crippen molar-refractivity contribution >= 4 is 27.7 Å². The first-order valence-corrected chi connectivity index (χ1v) is 9.49. The Labute approximate surface area is 144 Å². The van der Waals surface area contributed by atoms with E-state index in [0.717, 1.165) is 37.9 Å². The van der Waals surface area contributed by atoms with E-state index in [1.165, 1.54) is 0 Å². The maximum atomic E-state index is 14.2. The van der Waals surface area contributed by atoms with Crippen molar-refractivity contribution in [1.29, 1.82) is 0 Å². The molecule has 2 aliphatic rings. The number of carbonyl (C=O) groups excluding carboxylic acids is 1. The first kappa shape index (κ1) is 17.4. The molecule has 0 aromatic heterocycles. The number of fused-ring (bicyclic) bond motifs is 1. The number of nitrogens with one attached hydrogen (secondary N) is 2. The van der Waals surface area contributed by atoms with Crippen LogP contribution in [0.4, 0.5) is 4.39 Å². The van der Waals surface area contributed by atoms with Crippen LogP contribution in [0.2, 0.25) is 5.02 Å². The smallest absolute Gasteiger partial charge is 0.301 e. The quantitative estimate of drug-likeness (QED) is 0.824. The maximum Gasteiger partial charge on any atom is 0.301 e. The molecule has 2 saturated carbocycles. The first-order chi connectivity index (χ1) is 11.2. The number of hydrogen-bond donors (Lipinski definition) is 2. The number of amides is 1. The lowest BCUT2D eigenvalue weighted by Crippen LogP contribution is -2.38. The minimum absolute atomic E-state index is 0.00237. The van der Waals surface area contributed by atoms with Gasteiger partial charge in [-0.2, -0.15) is 8.42 Å². The highest BCUT2D eigenvalue weighted by atomic mass is 35.5. The van der Waals surface area contributed by atoms with E-state index in [0.29, 0.717) is 11.8 Å². The van der Waals surface area contributed by atoms with Gasteiger partial charge < -0.3 is 4.74 Å². The molecule has 2 N–H and O–H groups in total. The van der Waals surface area contributed by atoms with Gasteiger partial charge in [-0.05, 0) is 36.7 Å². The summed E-state index contributed by atoms with van der Waals surface area (Å²) in [6.45, 7) is 2.21. The van der Waals surface area contributed by atoms with Crippen LogP contribution in [0.15, 0.2) is 12.1 Å². The first-order valence-electron chi connectivity index (χ1n) is 7.63. The molecule has 24 heavy (non-hydrogen) atoms. The summed E-state index contributed by atoms with van der Waals surface area (Å²) in [5, 5.41) is 0.0667. The Kier molecular flexibility index (Phi) is 4.48. The SMILES string of the molecule is CNS(=O)(=O)NC(=O)c1cc(Cl)c(OC2C[C@@H]3C(C)[C@@H]3C2)cc1F. The van der Waals surface area contributed by atoms with Gasteiger partial charge in [-0.1, -0.05) is 18.5 Å². The molecule has 0 saturated heterocycles. The van der Waals surface area contributed by atoms with Crippen molar-refractivity contribution in [2.45, 2.75) is 25.9 Å². The van der Waals surface area contributed by atoms with Gasteiger partial charge in [0.25, 0.3) is 5.91 Å². The van der Waals surface area contributed by atoms with E-state index in [2.05, 4.69) is 6.92 Å². The minimum Gasteiger partial charge on any atom is -0.489 e. The Balaban J connectivity index is 1.73. The second kappa shape index (κ2) is 6.16. The van der Waals surface area contributed by atoms with Gasteiger partial charge in [-0.15, -0.1) is 0 Å². The van der Waals surface area contributed by atoms with Crippen molar-refractivity contribution in [2.75, 3.05) is 7.05 Å². The van der Waals surface area contributed by atoms with Crippen LogP contribution in [0, 0.1) is 23.6 Å². The van der Waals surface area contributed by atoms with Crippen molar-refractivity contribution in [1.82, 2.24) is 9.44 Å². The van der Waals surface area contributed by atoms with Crippen molar-refractivity contribution in [2.24, 2.45) is 17.8 Å². The van der Waals surface area contributed by atoms with E-state index < -0.39 is 27.5 Å². The monoisotopic (exact) mass is 376 g/mol. The Morgan fingerprint density at radius 2 is 1.96 bits per heavy atom. The van der Waals surface area contributed by atoms with Gasteiger partial charge in [0, 0.05) is 13.1 Å². The van der Waals surface area contributed by atoms with Crippen molar-refractivity contribution in [3.63, 3.8) is 0 Å². The van der Waals surface area contributed by atoms with E-state index >= 15 is 0 Å². The summed E-state index contributed by atoms with van der Waals surface area (Å²) < 4.78 is 46.1. The Morgan fingerprint density at radius 1 is 1.33 bits per heavy atom. The van der Waals surface area contributed by atoms with E-state index in [1.54, 1.807) is 4.72 Å². The average molecular weight is 377 g/mol. The van der Waals surface area contributed by atoms with E-state index in [-0.39, 0.29) is 16.9 Å². The summed E-state index contributed by atoms with van der Waals surface area (Å²) in [5.41, 5.74) is -0.464. The van der Waals surface area contributed by atoms with Crippen LogP contribution in [0.3, 0.4) is 0 Å². The summed E-state index contributed by atoms with van der Waals surface area (Å²) in [6, 6.07) is 2.10. The van der Waals surface area contributed by atoms with Crippen LogP contribution in [-0.4, -0.2) is 27.5 Å². The van der Waals surface area contributed by atoms with Crippen LogP contribution in [0.5, 0.6) is 5.75 Å². The molecule has 0 heterocycles. The second-order valence-corrected chi connectivity index (χ2v) is 8.33. The third-order valence-electron chi connectivity index (χ3n) is 4.89. The number of benzene rings is 1. The molecule has 1 amide bonds. The number of halogens is 2. The molecule has 2 unspecified atom stereocenters. The fourth-order valence-corrected chi connectivity index (χ4v) is 4.08. The molecule has 132 valence electrons. The highest BCUT2D eigenvalue weighted by Gasteiger charge is 2.53.